The van der Waals surface area contributed by atoms with Crippen LogP contribution in [0.1, 0.15) is 45.4 Å². The molecular weight excluding hydrogens is 176 g/mol. The number of allylic oxidation sites excluding steroid dienone is 2. The summed E-state index contributed by atoms with van der Waals surface area (Å²) in [6, 6.07) is 0. The van der Waals surface area contributed by atoms with E-state index in [1.807, 2.05) is 0 Å². The summed E-state index contributed by atoms with van der Waals surface area (Å²) in [5, 5.41) is 0. The van der Waals surface area contributed by atoms with Gasteiger partial charge in [-0.25, -0.2) is 0 Å². The van der Waals surface area contributed by atoms with Gasteiger partial charge in [0, 0.05) is 5.92 Å². The van der Waals surface area contributed by atoms with E-state index in [4.69, 9.17) is 4.74 Å². The topological polar surface area (TPSA) is 26.3 Å². The van der Waals surface area contributed by atoms with Crippen molar-refractivity contribution in [3.8, 4) is 0 Å². The third-order valence-corrected chi connectivity index (χ3v) is 2.55. The Morgan fingerprint density at radius 3 is 2.93 bits per heavy atom. The maximum absolute atomic E-state index is 10.8. The Hall–Kier alpha value is -0.790. The average molecular weight is 196 g/mol. The lowest BCUT2D eigenvalue weighted by molar-refractivity contribution is -0.137. The van der Waals surface area contributed by atoms with Crippen molar-refractivity contribution >= 4 is 5.97 Å². The molecule has 0 bridgehead atoms. The molecular formula is C12H20O2. The zero-order chi connectivity index (χ0) is 10.2. The second-order valence-electron chi connectivity index (χ2n) is 3.96. The standard InChI is InChI=1S/C12H20O2/c1-2-3-4-5-6-7-8-11-9-12(13)14-10-11/h6-7,11H,2-5,8-10H2,1H3. The zero-order valence-electron chi connectivity index (χ0n) is 9.00. The lowest BCUT2D eigenvalue weighted by Crippen LogP contribution is -1.96. The predicted molar refractivity (Wildman–Crippen MR) is 57.0 cm³/mol. The minimum Gasteiger partial charge on any atom is -0.465 e. The van der Waals surface area contributed by atoms with E-state index in [1.54, 1.807) is 0 Å². The molecule has 0 aromatic carbocycles. The molecule has 0 amide bonds. The summed E-state index contributed by atoms with van der Waals surface area (Å²) in [6.45, 7) is 2.84. The number of esters is 1. The summed E-state index contributed by atoms with van der Waals surface area (Å²) >= 11 is 0. The fourth-order valence-corrected chi connectivity index (χ4v) is 1.63. The molecule has 0 N–H and O–H groups in total. The van der Waals surface area contributed by atoms with Gasteiger partial charge >= 0.3 is 5.97 Å². The quantitative estimate of drug-likeness (QED) is 0.371. The molecule has 0 aliphatic carbocycles. The van der Waals surface area contributed by atoms with Gasteiger partial charge in [-0.1, -0.05) is 31.9 Å². The van der Waals surface area contributed by atoms with Crippen molar-refractivity contribution in [2.75, 3.05) is 6.61 Å². The fourth-order valence-electron chi connectivity index (χ4n) is 1.63. The zero-order valence-corrected chi connectivity index (χ0v) is 9.00. The van der Waals surface area contributed by atoms with E-state index in [-0.39, 0.29) is 5.97 Å². The smallest absolute Gasteiger partial charge is 0.306 e. The van der Waals surface area contributed by atoms with Crippen molar-refractivity contribution < 1.29 is 9.53 Å². The Morgan fingerprint density at radius 2 is 2.29 bits per heavy atom. The Bertz CT molecular complexity index is 196. The lowest BCUT2D eigenvalue weighted by Gasteiger charge is -1.99. The molecule has 0 aromatic heterocycles. The molecule has 1 heterocycles. The minimum absolute atomic E-state index is 0.0330. The van der Waals surface area contributed by atoms with Gasteiger partial charge in [-0.05, 0) is 19.3 Å². The molecule has 1 saturated heterocycles. The van der Waals surface area contributed by atoms with Crippen LogP contribution in [-0.4, -0.2) is 12.6 Å². The second kappa shape index (κ2) is 6.63. The number of unbranched alkanes of at least 4 members (excludes halogenated alkanes) is 3. The maximum atomic E-state index is 10.8. The molecule has 0 radical (unpaired) electrons. The first-order chi connectivity index (χ1) is 6.83. The second-order valence-corrected chi connectivity index (χ2v) is 3.96. The summed E-state index contributed by atoms with van der Waals surface area (Å²) in [6.07, 6.45) is 11.1. The SMILES string of the molecule is CCCCCC=CCC1COC(=O)C1. The van der Waals surface area contributed by atoms with Gasteiger partial charge in [0.2, 0.25) is 0 Å². The first-order valence-corrected chi connectivity index (χ1v) is 5.63. The first-order valence-electron chi connectivity index (χ1n) is 5.63. The molecule has 80 valence electrons. The van der Waals surface area contributed by atoms with Crippen molar-refractivity contribution in [1.82, 2.24) is 0 Å². The summed E-state index contributed by atoms with van der Waals surface area (Å²) in [5.74, 6) is 0.402. The number of carbonyl (C=O) groups excluding carboxylic acids is 1. The van der Waals surface area contributed by atoms with Crippen molar-refractivity contribution in [2.45, 2.75) is 45.4 Å². The third kappa shape index (κ3) is 4.45. The van der Waals surface area contributed by atoms with Crippen molar-refractivity contribution in [1.29, 1.82) is 0 Å². The number of hydrogen-bond donors (Lipinski definition) is 0. The largest absolute Gasteiger partial charge is 0.465 e. The van der Waals surface area contributed by atoms with Crippen molar-refractivity contribution in [2.24, 2.45) is 5.92 Å². The highest BCUT2D eigenvalue weighted by Gasteiger charge is 2.21. The van der Waals surface area contributed by atoms with Gasteiger partial charge in [0.15, 0.2) is 0 Å². The van der Waals surface area contributed by atoms with E-state index in [0.717, 1.165) is 6.42 Å². The van der Waals surface area contributed by atoms with Crippen LogP contribution < -0.4 is 0 Å². The highest BCUT2D eigenvalue weighted by atomic mass is 16.5. The van der Waals surface area contributed by atoms with Crippen LogP contribution in [0, 0.1) is 5.92 Å². The van der Waals surface area contributed by atoms with Gasteiger partial charge in [-0.15, -0.1) is 0 Å². The van der Waals surface area contributed by atoms with Crippen LogP contribution in [-0.2, 0) is 9.53 Å². The summed E-state index contributed by atoms with van der Waals surface area (Å²) in [7, 11) is 0. The molecule has 1 fully saturated rings. The molecule has 1 atom stereocenters. The minimum atomic E-state index is -0.0330. The van der Waals surface area contributed by atoms with Gasteiger partial charge in [-0.3, -0.25) is 4.79 Å². The molecule has 2 nitrogen and oxygen atoms in total. The molecule has 0 spiro atoms. The van der Waals surface area contributed by atoms with E-state index in [0.29, 0.717) is 18.9 Å². The monoisotopic (exact) mass is 196 g/mol. The predicted octanol–water partition coefficient (Wildman–Crippen LogP) is 3.08. The molecule has 1 aliphatic rings. The van der Waals surface area contributed by atoms with Crippen LogP contribution >= 0.6 is 0 Å². The van der Waals surface area contributed by atoms with Crippen molar-refractivity contribution in [3.05, 3.63) is 12.2 Å². The highest BCUT2D eigenvalue weighted by Crippen LogP contribution is 2.18. The Morgan fingerprint density at radius 1 is 1.43 bits per heavy atom. The van der Waals surface area contributed by atoms with Gasteiger partial charge in [0.25, 0.3) is 0 Å². The van der Waals surface area contributed by atoms with Crippen LogP contribution in [0.4, 0.5) is 0 Å². The summed E-state index contributed by atoms with van der Waals surface area (Å²) in [4.78, 5) is 10.8. The first kappa shape index (κ1) is 11.3. The van der Waals surface area contributed by atoms with E-state index < -0.39 is 0 Å². The van der Waals surface area contributed by atoms with Crippen LogP contribution in [0.25, 0.3) is 0 Å². The van der Waals surface area contributed by atoms with Gasteiger partial charge in [0.05, 0.1) is 13.0 Å². The summed E-state index contributed by atoms with van der Waals surface area (Å²) in [5.41, 5.74) is 0. The Kier molecular flexibility index (Phi) is 5.35. The average Bonchev–Trinajstić information content (AvgIpc) is 2.58. The summed E-state index contributed by atoms with van der Waals surface area (Å²) < 4.78 is 4.89. The molecule has 0 aromatic rings. The van der Waals surface area contributed by atoms with E-state index in [2.05, 4.69) is 19.1 Å². The van der Waals surface area contributed by atoms with Gasteiger partial charge in [0.1, 0.15) is 0 Å². The molecule has 1 unspecified atom stereocenters. The number of cyclic esters (lactones) is 1. The van der Waals surface area contributed by atoms with E-state index in [9.17, 15) is 4.79 Å². The number of carbonyl (C=O) groups is 1. The number of ether oxygens (including phenoxy) is 1. The van der Waals surface area contributed by atoms with Crippen molar-refractivity contribution in [3.63, 3.8) is 0 Å². The number of hydrogen-bond acceptors (Lipinski definition) is 2. The maximum Gasteiger partial charge on any atom is 0.306 e. The van der Waals surface area contributed by atoms with Crippen LogP contribution in [0.3, 0.4) is 0 Å². The molecule has 1 rings (SSSR count). The Balaban J connectivity index is 1.99. The molecule has 14 heavy (non-hydrogen) atoms. The van der Waals surface area contributed by atoms with Gasteiger partial charge < -0.3 is 4.74 Å². The van der Waals surface area contributed by atoms with Crippen LogP contribution in [0.5, 0.6) is 0 Å². The third-order valence-electron chi connectivity index (χ3n) is 2.55. The normalized spacial score (nSPS) is 21.8. The van der Waals surface area contributed by atoms with Crippen LogP contribution in [0.15, 0.2) is 12.2 Å². The molecule has 1 aliphatic heterocycles. The molecule has 2 heteroatoms. The number of rotatable bonds is 6. The molecule has 0 saturated carbocycles. The van der Waals surface area contributed by atoms with E-state index in [1.165, 1.54) is 25.7 Å². The highest BCUT2D eigenvalue weighted by molar-refractivity contribution is 5.71. The van der Waals surface area contributed by atoms with E-state index >= 15 is 0 Å². The van der Waals surface area contributed by atoms with Crippen LogP contribution in [0.2, 0.25) is 0 Å². The lowest BCUT2D eigenvalue weighted by atomic mass is 10.0. The fraction of sp³-hybridized carbons (Fsp3) is 0.750. The van der Waals surface area contributed by atoms with Gasteiger partial charge in [-0.2, -0.15) is 0 Å². The Labute approximate surface area is 86.3 Å².